The molecule has 0 fully saturated rings. The normalized spacial score (nSPS) is 11.3. The van der Waals surface area contributed by atoms with Crippen molar-refractivity contribution in [2.45, 2.75) is 12.6 Å². The predicted molar refractivity (Wildman–Crippen MR) is 88.3 cm³/mol. The third-order valence-corrected chi connectivity index (χ3v) is 4.25. The van der Waals surface area contributed by atoms with Gasteiger partial charge < -0.3 is 4.74 Å². The molecular formula is C18H12F3NO2S. The Kier molecular flexibility index (Phi) is 4.85. The minimum absolute atomic E-state index is 0.199. The molecule has 0 aliphatic rings. The first-order valence-corrected chi connectivity index (χ1v) is 8.18. The summed E-state index contributed by atoms with van der Waals surface area (Å²) in [6.07, 6.45) is -4.78. The van der Waals surface area contributed by atoms with Gasteiger partial charge in [-0.2, -0.15) is 13.2 Å². The Morgan fingerprint density at radius 2 is 1.72 bits per heavy atom. The molecule has 0 N–H and O–H groups in total. The van der Waals surface area contributed by atoms with Crippen molar-refractivity contribution < 1.29 is 22.7 Å². The number of benzene rings is 2. The van der Waals surface area contributed by atoms with Crippen LogP contribution in [0.1, 0.15) is 11.3 Å². The van der Waals surface area contributed by atoms with Crippen LogP contribution >= 0.6 is 11.3 Å². The van der Waals surface area contributed by atoms with Crippen molar-refractivity contribution in [2.24, 2.45) is 0 Å². The minimum Gasteiger partial charge on any atom is -0.426 e. The van der Waals surface area contributed by atoms with E-state index in [9.17, 15) is 18.0 Å². The molecule has 7 heteroatoms. The fourth-order valence-electron chi connectivity index (χ4n) is 2.20. The summed E-state index contributed by atoms with van der Waals surface area (Å²) in [5.74, 6) is -1.29. The second-order valence-corrected chi connectivity index (χ2v) is 6.01. The Bertz CT molecular complexity index is 875. The predicted octanol–water partition coefficient (Wildman–Crippen LogP) is 4.98. The molecule has 25 heavy (non-hydrogen) atoms. The van der Waals surface area contributed by atoms with Gasteiger partial charge >= 0.3 is 12.1 Å². The van der Waals surface area contributed by atoms with E-state index < -0.39 is 23.5 Å². The number of esters is 1. The lowest BCUT2D eigenvalue weighted by atomic mass is 10.2. The van der Waals surface area contributed by atoms with Gasteiger partial charge in [-0.05, 0) is 12.1 Å². The molecule has 0 amide bonds. The van der Waals surface area contributed by atoms with E-state index in [2.05, 4.69) is 4.98 Å². The van der Waals surface area contributed by atoms with Gasteiger partial charge in [-0.15, -0.1) is 11.3 Å². The summed E-state index contributed by atoms with van der Waals surface area (Å²) in [5, 5.41) is 2.43. The maximum absolute atomic E-state index is 12.9. The van der Waals surface area contributed by atoms with E-state index in [1.165, 1.54) is 23.5 Å². The Morgan fingerprint density at radius 3 is 2.44 bits per heavy atom. The molecular weight excluding hydrogens is 351 g/mol. The van der Waals surface area contributed by atoms with E-state index in [1.54, 1.807) is 5.38 Å². The van der Waals surface area contributed by atoms with Gasteiger partial charge in [-0.1, -0.05) is 42.5 Å². The molecule has 0 aliphatic heterocycles. The monoisotopic (exact) mass is 363 g/mol. The first-order valence-electron chi connectivity index (χ1n) is 7.30. The van der Waals surface area contributed by atoms with E-state index in [4.69, 9.17) is 4.74 Å². The standard InChI is InChI=1S/C18H12F3NO2S/c19-18(20,21)14-8-4-5-9-15(14)24-16(23)10-13-11-25-17(22-13)12-6-2-1-3-7-12/h1-9,11H,10H2. The largest absolute Gasteiger partial charge is 0.426 e. The lowest BCUT2D eigenvalue weighted by molar-refractivity contribution is -0.142. The van der Waals surface area contributed by atoms with Crippen molar-refractivity contribution in [1.82, 2.24) is 4.98 Å². The highest BCUT2D eigenvalue weighted by atomic mass is 32.1. The molecule has 0 atom stereocenters. The highest BCUT2D eigenvalue weighted by molar-refractivity contribution is 7.13. The van der Waals surface area contributed by atoms with Gasteiger partial charge in [-0.3, -0.25) is 4.79 Å². The van der Waals surface area contributed by atoms with E-state index in [1.807, 2.05) is 30.3 Å². The van der Waals surface area contributed by atoms with Crippen molar-refractivity contribution in [3.8, 4) is 16.3 Å². The zero-order valence-electron chi connectivity index (χ0n) is 12.8. The van der Waals surface area contributed by atoms with E-state index in [0.29, 0.717) is 5.69 Å². The van der Waals surface area contributed by atoms with Crippen LogP contribution in [0.5, 0.6) is 5.75 Å². The van der Waals surface area contributed by atoms with Crippen LogP contribution < -0.4 is 4.74 Å². The van der Waals surface area contributed by atoms with E-state index >= 15 is 0 Å². The average Bonchev–Trinajstić information content (AvgIpc) is 3.03. The lowest BCUT2D eigenvalue weighted by Gasteiger charge is -2.12. The molecule has 1 aromatic heterocycles. The van der Waals surface area contributed by atoms with Crippen LogP contribution in [0.2, 0.25) is 0 Å². The molecule has 2 aromatic carbocycles. The number of nitrogens with zero attached hydrogens (tertiary/aromatic N) is 1. The van der Waals surface area contributed by atoms with E-state index in [-0.39, 0.29) is 6.42 Å². The quantitative estimate of drug-likeness (QED) is 0.485. The molecule has 0 bridgehead atoms. The molecule has 0 radical (unpaired) electrons. The Labute approximate surface area is 145 Å². The Hall–Kier alpha value is -2.67. The number of rotatable bonds is 4. The molecule has 128 valence electrons. The van der Waals surface area contributed by atoms with Crippen LogP contribution in [0.3, 0.4) is 0 Å². The Balaban J connectivity index is 1.71. The number of carbonyl (C=O) groups is 1. The topological polar surface area (TPSA) is 39.2 Å². The number of thiazole rings is 1. The molecule has 3 nitrogen and oxygen atoms in total. The third-order valence-electron chi connectivity index (χ3n) is 3.31. The van der Waals surface area contributed by atoms with E-state index in [0.717, 1.165) is 22.7 Å². The number of alkyl halides is 3. The minimum atomic E-state index is -4.59. The number of carbonyl (C=O) groups excluding carboxylic acids is 1. The SMILES string of the molecule is O=C(Cc1csc(-c2ccccc2)n1)Oc1ccccc1C(F)(F)F. The first-order chi connectivity index (χ1) is 11.9. The number of para-hydroxylation sites is 1. The van der Waals surface area contributed by atoms with Crippen LogP contribution in [0.4, 0.5) is 13.2 Å². The van der Waals surface area contributed by atoms with Gasteiger partial charge in [-0.25, -0.2) is 4.98 Å². The van der Waals surface area contributed by atoms with Gasteiger partial charge in [0.2, 0.25) is 0 Å². The van der Waals surface area contributed by atoms with Gasteiger partial charge in [0.15, 0.2) is 0 Å². The average molecular weight is 363 g/mol. The molecule has 3 aromatic rings. The van der Waals surface area contributed by atoms with Crippen molar-refractivity contribution in [1.29, 1.82) is 0 Å². The summed E-state index contributed by atoms with van der Waals surface area (Å²) >= 11 is 1.36. The van der Waals surface area contributed by atoms with Crippen molar-refractivity contribution in [3.05, 3.63) is 71.2 Å². The van der Waals surface area contributed by atoms with Crippen molar-refractivity contribution >= 4 is 17.3 Å². The highest BCUT2D eigenvalue weighted by Gasteiger charge is 2.34. The van der Waals surface area contributed by atoms with Crippen LogP contribution in [0.15, 0.2) is 60.0 Å². The Morgan fingerprint density at radius 1 is 1.04 bits per heavy atom. The van der Waals surface area contributed by atoms with Crippen LogP contribution in [0.25, 0.3) is 10.6 Å². The summed E-state index contributed by atoms with van der Waals surface area (Å²) in [6.45, 7) is 0. The molecule has 3 rings (SSSR count). The zero-order valence-corrected chi connectivity index (χ0v) is 13.6. The van der Waals surface area contributed by atoms with Crippen LogP contribution in [-0.4, -0.2) is 11.0 Å². The van der Waals surface area contributed by atoms with Gasteiger partial charge in [0.25, 0.3) is 0 Å². The summed E-state index contributed by atoms with van der Waals surface area (Å²) < 4.78 is 43.6. The summed E-state index contributed by atoms with van der Waals surface area (Å²) in [7, 11) is 0. The van der Waals surface area contributed by atoms with Gasteiger partial charge in [0.1, 0.15) is 10.8 Å². The molecule has 0 aliphatic carbocycles. The fraction of sp³-hybridized carbons (Fsp3) is 0.111. The zero-order chi connectivity index (χ0) is 17.9. The van der Waals surface area contributed by atoms with Crippen LogP contribution in [-0.2, 0) is 17.4 Å². The molecule has 0 spiro atoms. The van der Waals surface area contributed by atoms with Gasteiger partial charge in [0, 0.05) is 10.9 Å². The fourth-order valence-corrected chi connectivity index (χ4v) is 3.02. The molecule has 0 unspecified atom stereocenters. The van der Waals surface area contributed by atoms with Crippen molar-refractivity contribution in [3.63, 3.8) is 0 Å². The number of hydrogen-bond donors (Lipinski definition) is 0. The third kappa shape index (κ3) is 4.24. The number of hydrogen-bond acceptors (Lipinski definition) is 4. The molecule has 1 heterocycles. The summed E-state index contributed by atoms with van der Waals surface area (Å²) in [5.41, 5.74) is 0.388. The number of aromatic nitrogens is 1. The lowest BCUT2D eigenvalue weighted by Crippen LogP contribution is -2.15. The highest BCUT2D eigenvalue weighted by Crippen LogP contribution is 2.36. The molecule has 0 saturated heterocycles. The second-order valence-electron chi connectivity index (χ2n) is 5.15. The first kappa shape index (κ1) is 17.2. The number of ether oxygens (including phenoxy) is 1. The second kappa shape index (κ2) is 7.06. The maximum Gasteiger partial charge on any atom is 0.419 e. The maximum atomic E-state index is 12.9. The summed E-state index contributed by atoms with van der Waals surface area (Å²) in [4.78, 5) is 16.3. The van der Waals surface area contributed by atoms with Crippen molar-refractivity contribution in [2.75, 3.05) is 0 Å². The smallest absolute Gasteiger partial charge is 0.419 e. The molecule has 0 saturated carbocycles. The van der Waals surface area contributed by atoms with Crippen LogP contribution in [0, 0.1) is 0 Å². The number of halogens is 3. The summed E-state index contributed by atoms with van der Waals surface area (Å²) in [6, 6.07) is 14.0. The van der Waals surface area contributed by atoms with Gasteiger partial charge in [0.05, 0.1) is 17.7 Å².